The highest BCUT2D eigenvalue weighted by atomic mass is 15.1. The van der Waals surface area contributed by atoms with Crippen molar-refractivity contribution in [3.63, 3.8) is 0 Å². The Morgan fingerprint density at radius 1 is 0.250 bits per heavy atom. The molecule has 0 saturated heterocycles. The maximum absolute atomic E-state index is 2.44. The largest absolute Gasteiger partial charge is 0.310 e. The van der Waals surface area contributed by atoms with Crippen LogP contribution in [0.25, 0.3) is 76.8 Å². The molecule has 1 aliphatic carbocycles. The second-order valence-electron chi connectivity index (χ2n) is 17.9. The third-order valence-corrected chi connectivity index (χ3v) is 14.4. The fourth-order valence-electron chi connectivity index (χ4n) is 11.4. The van der Waals surface area contributed by atoms with Crippen LogP contribution in [0.15, 0.2) is 273 Å². The van der Waals surface area contributed by atoms with Crippen LogP contribution in [0, 0.1) is 0 Å². The van der Waals surface area contributed by atoms with Crippen LogP contribution in [0.3, 0.4) is 0 Å². The molecule has 0 aromatic heterocycles. The van der Waals surface area contributed by atoms with Gasteiger partial charge in [0.15, 0.2) is 0 Å². The third-order valence-electron chi connectivity index (χ3n) is 14.4. The molecule has 1 heteroatoms. The Hall–Kier alpha value is -8.78. The third kappa shape index (κ3) is 6.24. The van der Waals surface area contributed by atoms with E-state index in [0.29, 0.717) is 0 Å². The van der Waals surface area contributed by atoms with Crippen LogP contribution in [0.5, 0.6) is 0 Å². The number of fused-ring (bicyclic) bond motifs is 6. The monoisotopic (exact) mass is 863 g/mol. The van der Waals surface area contributed by atoms with Gasteiger partial charge in [-0.2, -0.15) is 0 Å². The van der Waals surface area contributed by atoms with E-state index < -0.39 is 5.41 Å². The van der Waals surface area contributed by atoms with Gasteiger partial charge in [0.25, 0.3) is 0 Å². The lowest BCUT2D eigenvalue weighted by Crippen LogP contribution is -2.28. The summed E-state index contributed by atoms with van der Waals surface area (Å²) in [5.74, 6) is 0. The van der Waals surface area contributed by atoms with Gasteiger partial charge in [-0.25, -0.2) is 0 Å². The first kappa shape index (κ1) is 39.6. The standard InChI is InChI=1S/C67H45N/c1-3-22-50(23-4-1)67(51-24-5-2-6-25-51)63-35-12-11-28-62(63)66-61(34-16-36-64(66)67)59-31-15-33-60-58(59)32-17-37-65(60)68(52-42-38-48(39-43-52)56-29-13-20-46-18-7-9-26-54(46)56)53-44-40-49(41-45-53)57-30-14-21-47-19-8-10-27-55(47)57/h1-45H. The lowest BCUT2D eigenvalue weighted by atomic mass is 9.67. The number of benzene rings is 12. The maximum atomic E-state index is 2.44. The molecule has 0 unspecified atom stereocenters. The van der Waals surface area contributed by atoms with Gasteiger partial charge in [-0.05, 0) is 124 Å². The van der Waals surface area contributed by atoms with Gasteiger partial charge in [-0.1, -0.05) is 243 Å². The van der Waals surface area contributed by atoms with Crippen LogP contribution in [0.2, 0.25) is 0 Å². The molecular formula is C67H45N. The summed E-state index contributed by atoms with van der Waals surface area (Å²) in [7, 11) is 0. The fraction of sp³-hybridized carbons (Fsp3) is 0.0149. The van der Waals surface area contributed by atoms with E-state index in [2.05, 4.69) is 278 Å². The van der Waals surface area contributed by atoms with E-state index in [4.69, 9.17) is 0 Å². The molecule has 0 atom stereocenters. The van der Waals surface area contributed by atoms with E-state index in [0.717, 1.165) is 17.1 Å². The highest BCUT2D eigenvalue weighted by molar-refractivity contribution is 6.09. The number of nitrogens with zero attached hydrogens (tertiary/aromatic N) is 1. The normalized spacial score (nSPS) is 12.5. The van der Waals surface area contributed by atoms with E-state index in [9.17, 15) is 0 Å². The predicted molar refractivity (Wildman–Crippen MR) is 287 cm³/mol. The Morgan fingerprint density at radius 2 is 0.662 bits per heavy atom. The number of anilines is 3. The molecule has 0 spiro atoms. The molecule has 1 nitrogen and oxygen atoms in total. The highest BCUT2D eigenvalue weighted by Crippen LogP contribution is 2.58. The minimum atomic E-state index is -0.479. The Balaban J connectivity index is 0.998. The van der Waals surface area contributed by atoms with E-state index in [-0.39, 0.29) is 0 Å². The van der Waals surface area contributed by atoms with Crippen molar-refractivity contribution in [3.8, 4) is 44.5 Å². The molecule has 12 aromatic carbocycles. The second-order valence-corrected chi connectivity index (χ2v) is 17.9. The van der Waals surface area contributed by atoms with E-state index >= 15 is 0 Å². The summed E-state index contributed by atoms with van der Waals surface area (Å²) in [5, 5.41) is 7.38. The van der Waals surface area contributed by atoms with E-state index in [1.165, 1.54) is 99.1 Å². The average molecular weight is 864 g/mol. The summed E-state index contributed by atoms with van der Waals surface area (Å²) in [6.07, 6.45) is 0. The first-order valence-corrected chi connectivity index (χ1v) is 23.6. The Bertz CT molecular complexity index is 3660. The average Bonchev–Trinajstić information content (AvgIpc) is 3.73. The molecule has 0 fully saturated rings. The zero-order chi connectivity index (χ0) is 45.0. The number of rotatable bonds is 8. The topological polar surface area (TPSA) is 3.24 Å². The van der Waals surface area contributed by atoms with Gasteiger partial charge in [0.05, 0.1) is 11.1 Å². The van der Waals surface area contributed by atoms with Crippen LogP contribution in [0.4, 0.5) is 17.1 Å². The van der Waals surface area contributed by atoms with E-state index in [1.807, 2.05) is 0 Å². The summed E-state index contributed by atoms with van der Waals surface area (Å²) in [6.45, 7) is 0. The zero-order valence-corrected chi connectivity index (χ0v) is 37.4. The first-order chi connectivity index (χ1) is 33.8. The Kier molecular flexibility index (Phi) is 9.47. The molecule has 12 aromatic rings. The molecule has 0 N–H and O–H groups in total. The van der Waals surface area contributed by atoms with Crippen LogP contribution in [0.1, 0.15) is 22.3 Å². The molecule has 0 aliphatic heterocycles. The summed E-state index contributed by atoms with van der Waals surface area (Å²) in [6, 6.07) is 101. The van der Waals surface area contributed by atoms with Crippen LogP contribution >= 0.6 is 0 Å². The molecule has 68 heavy (non-hydrogen) atoms. The van der Waals surface area contributed by atoms with Crippen molar-refractivity contribution in [1.29, 1.82) is 0 Å². The molecule has 0 heterocycles. The summed E-state index contributed by atoms with van der Waals surface area (Å²) in [5.41, 5.74) is 17.8. The predicted octanol–water partition coefficient (Wildman–Crippen LogP) is 18.0. The molecule has 0 bridgehead atoms. The van der Waals surface area contributed by atoms with Crippen molar-refractivity contribution >= 4 is 49.4 Å². The lowest BCUT2D eigenvalue weighted by molar-refractivity contribution is 0.768. The van der Waals surface area contributed by atoms with Gasteiger partial charge >= 0.3 is 0 Å². The minimum absolute atomic E-state index is 0.479. The van der Waals surface area contributed by atoms with Gasteiger partial charge in [-0.3, -0.25) is 0 Å². The Morgan fingerprint density at radius 3 is 1.28 bits per heavy atom. The second kappa shape index (κ2) is 16.3. The maximum Gasteiger partial charge on any atom is 0.0713 e. The van der Waals surface area contributed by atoms with Gasteiger partial charge in [-0.15, -0.1) is 0 Å². The Labute approximate surface area is 397 Å². The first-order valence-electron chi connectivity index (χ1n) is 23.6. The molecule has 318 valence electrons. The molecular weight excluding hydrogens is 819 g/mol. The summed E-state index contributed by atoms with van der Waals surface area (Å²) in [4.78, 5) is 2.44. The van der Waals surface area contributed by atoms with Gasteiger partial charge in [0.1, 0.15) is 0 Å². The van der Waals surface area contributed by atoms with Crippen molar-refractivity contribution in [3.05, 3.63) is 295 Å². The molecule has 0 saturated carbocycles. The van der Waals surface area contributed by atoms with E-state index in [1.54, 1.807) is 0 Å². The minimum Gasteiger partial charge on any atom is -0.310 e. The smallest absolute Gasteiger partial charge is 0.0713 e. The fourth-order valence-corrected chi connectivity index (χ4v) is 11.4. The van der Waals surface area contributed by atoms with Crippen molar-refractivity contribution < 1.29 is 0 Å². The van der Waals surface area contributed by atoms with Crippen molar-refractivity contribution in [2.24, 2.45) is 0 Å². The molecule has 0 amide bonds. The number of hydrogen-bond donors (Lipinski definition) is 0. The lowest BCUT2D eigenvalue weighted by Gasteiger charge is -2.34. The molecule has 1 aliphatic rings. The molecule has 13 rings (SSSR count). The van der Waals surface area contributed by atoms with Gasteiger partial charge < -0.3 is 4.90 Å². The van der Waals surface area contributed by atoms with Gasteiger partial charge in [0, 0.05) is 16.8 Å². The quantitative estimate of drug-likeness (QED) is 0.147. The SMILES string of the molecule is c1ccc(C2(c3ccccc3)c3ccccc3-c3c(-c4cccc5c(N(c6ccc(-c7cccc8ccccc78)cc6)c6ccc(-c7cccc8ccccc78)cc6)cccc45)cccc32)cc1. The van der Waals surface area contributed by atoms with Crippen molar-refractivity contribution in [1.82, 2.24) is 0 Å². The van der Waals surface area contributed by atoms with Crippen molar-refractivity contribution in [2.75, 3.05) is 4.90 Å². The van der Waals surface area contributed by atoms with Crippen LogP contribution < -0.4 is 4.90 Å². The molecule has 0 radical (unpaired) electrons. The number of hydrogen-bond acceptors (Lipinski definition) is 1. The highest BCUT2D eigenvalue weighted by Gasteiger charge is 2.46. The van der Waals surface area contributed by atoms with Gasteiger partial charge in [0.2, 0.25) is 0 Å². The van der Waals surface area contributed by atoms with Crippen molar-refractivity contribution in [2.45, 2.75) is 5.41 Å². The van der Waals surface area contributed by atoms with Crippen LogP contribution in [-0.4, -0.2) is 0 Å². The summed E-state index contributed by atoms with van der Waals surface area (Å²) < 4.78 is 0. The zero-order valence-electron chi connectivity index (χ0n) is 37.4. The summed E-state index contributed by atoms with van der Waals surface area (Å²) >= 11 is 0. The van der Waals surface area contributed by atoms with Crippen LogP contribution in [-0.2, 0) is 5.41 Å².